The van der Waals surface area contributed by atoms with Crippen LogP contribution in [-0.2, 0) is 18.9 Å². The minimum Gasteiger partial charge on any atom is -0.352 e. The Morgan fingerprint density at radius 1 is 0.853 bits per heavy atom. The molecular weight excluding hydrogens is 432 g/mol. The van der Waals surface area contributed by atoms with Gasteiger partial charge in [0.25, 0.3) is 0 Å². The van der Waals surface area contributed by atoms with E-state index in [0.29, 0.717) is 24.9 Å². The second kappa shape index (κ2) is 11.0. The predicted molar refractivity (Wildman–Crippen MR) is 135 cm³/mol. The van der Waals surface area contributed by atoms with E-state index in [1.807, 2.05) is 7.05 Å². The summed E-state index contributed by atoms with van der Waals surface area (Å²) in [6, 6.07) is -0.325. The Labute approximate surface area is 207 Å². The molecule has 1 aliphatic carbocycles. The molecule has 8 nitrogen and oxygen atoms in total. The Kier molecular flexibility index (Phi) is 9.12. The van der Waals surface area contributed by atoms with Crippen molar-refractivity contribution in [3.63, 3.8) is 0 Å². The molecule has 0 radical (unpaired) electrons. The fraction of sp³-hybridized carbons (Fsp3) is 1.00. The van der Waals surface area contributed by atoms with Crippen molar-refractivity contribution >= 4 is 0 Å². The maximum atomic E-state index is 6.60. The van der Waals surface area contributed by atoms with Gasteiger partial charge in [-0.2, -0.15) is 0 Å². The minimum atomic E-state index is -0.494. The van der Waals surface area contributed by atoms with Crippen molar-refractivity contribution in [2.75, 3.05) is 13.7 Å². The standard InChI is InChI=1S/C26H52N4O4/c1-12(2)20-14(4)13(3)19(29)25(32-20)34-22-15(5)21(17(27)10-18(22)28)33-24-16(6)23(30-9)26(7,8)11-31-24/h12-25,30H,10-11,27-29H2,1-9H3/t13-,14-,15+,16+,17+,18?,19?,20?,21?,22-,23-,24?,25+/m0/s1. The van der Waals surface area contributed by atoms with Crippen LogP contribution in [0.4, 0.5) is 0 Å². The molecule has 0 spiro atoms. The first-order valence-electron chi connectivity index (χ1n) is 13.3. The Balaban J connectivity index is 1.73. The van der Waals surface area contributed by atoms with Gasteiger partial charge in [0.1, 0.15) is 0 Å². The molecule has 0 aromatic heterocycles. The lowest BCUT2D eigenvalue weighted by Gasteiger charge is -2.51. The molecule has 3 fully saturated rings. The van der Waals surface area contributed by atoms with E-state index < -0.39 is 6.29 Å². The summed E-state index contributed by atoms with van der Waals surface area (Å²) in [5.74, 6) is 1.18. The summed E-state index contributed by atoms with van der Waals surface area (Å²) in [5, 5.41) is 3.46. The van der Waals surface area contributed by atoms with Gasteiger partial charge in [-0.1, -0.05) is 55.4 Å². The highest BCUT2D eigenvalue weighted by Crippen LogP contribution is 2.39. The van der Waals surface area contributed by atoms with Gasteiger partial charge >= 0.3 is 0 Å². The first-order chi connectivity index (χ1) is 15.8. The summed E-state index contributed by atoms with van der Waals surface area (Å²) in [7, 11) is 2.00. The molecule has 0 aromatic carbocycles. The summed E-state index contributed by atoms with van der Waals surface area (Å²) in [4.78, 5) is 0. The van der Waals surface area contributed by atoms with Crippen LogP contribution in [0.5, 0.6) is 0 Å². The van der Waals surface area contributed by atoms with Gasteiger partial charge in [0.05, 0.1) is 31.0 Å². The van der Waals surface area contributed by atoms with Gasteiger partial charge in [-0.3, -0.25) is 0 Å². The van der Waals surface area contributed by atoms with Crippen LogP contribution in [0.1, 0.15) is 61.8 Å². The molecule has 2 aliphatic heterocycles. The van der Waals surface area contributed by atoms with Gasteiger partial charge < -0.3 is 41.5 Å². The van der Waals surface area contributed by atoms with Gasteiger partial charge in [0.15, 0.2) is 12.6 Å². The van der Waals surface area contributed by atoms with Crippen LogP contribution in [0.2, 0.25) is 0 Å². The summed E-state index contributed by atoms with van der Waals surface area (Å²) < 4.78 is 25.8. The quantitative estimate of drug-likeness (QED) is 0.451. The van der Waals surface area contributed by atoms with Gasteiger partial charge in [0, 0.05) is 35.4 Å². The molecule has 1 saturated carbocycles. The van der Waals surface area contributed by atoms with Crippen molar-refractivity contribution < 1.29 is 18.9 Å². The van der Waals surface area contributed by atoms with E-state index >= 15 is 0 Å². The molecule has 0 amide bonds. The maximum absolute atomic E-state index is 6.60. The van der Waals surface area contributed by atoms with Crippen LogP contribution >= 0.6 is 0 Å². The van der Waals surface area contributed by atoms with Crippen molar-refractivity contribution in [2.45, 2.75) is 117 Å². The van der Waals surface area contributed by atoms with Crippen molar-refractivity contribution in [2.24, 2.45) is 52.2 Å². The SMILES string of the molecule is CN[C@H]1[C@@H](C)C(OC2[C@H](N)CC(N)[C@@H](O[C@H]3OC(C(C)C)[C@@H](C)[C@H](C)C3N)[C@@H]2C)OCC1(C)C. The highest BCUT2D eigenvalue weighted by atomic mass is 16.7. The zero-order chi connectivity index (χ0) is 25.5. The minimum absolute atomic E-state index is 0.0254. The number of ether oxygens (including phenoxy) is 4. The van der Waals surface area contributed by atoms with Gasteiger partial charge in [-0.25, -0.2) is 0 Å². The zero-order valence-electron chi connectivity index (χ0n) is 22.9. The molecular formula is C26H52N4O4. The Morgan fingerprint density at radius 3 is 1.94 bits per heavy atom. The molecule has 2 saturated heterocycles. The van der Waals surface area contributed by atoms with Gasteiger partial charge in [-0.05, 0) is 31.2 Å². The monoisotopic (exact) mass is 484 g/mol. The lowest BCUT2D eigenvalue weighted by atomic mass is 9.75. The Bertz CT molecular complexity index is 665. The largest absolute Gasteiger partial charge is 0.352 e. The fourth-order valence-corrected chi connectivity index (χ4v) is 6.69. The number of rotatable bonds is 6. The van der Waals surface area contributed by atoms with E-state index in [4.69, 9.17) is 36.1 Å². The zero-order valence-corrected chi connectivity index (χ0v) is 22.9. The topological polar surface area (TPSA) is 127 Å². The van der Waals surface area contributed by atoms with Gasteiger partial charge in [0.2, 0.25) is 0 Å². The third-order valence-corrected chi connectivity index (χ3v) is 8.95. The summed E-state index contributed by atoms with van der Waals surface area (Å²) in [5.41, 5.74) is 19.8. The first-order valence-corrected chi connectivity index (χ1v) is 13.3. The molecule has 3 aliphatic rings. The van der Waals surface area contributed by atoms with Crippen molar-refractivity contribution in [3.8, 4) is 0 Å². The molecule has 5 unspecified atom stereocenters. The van der Waals surface area contributed by atoms with E-state index in [2.05, 4.69) is 60.7 Å². The highest BCUT2D eigenvalue weighted by Gasteiger charge is 2.49. The molecule has 200 valence electrons. The molecule has 0 bridgehead atoms. The molecule has 3 rings (SSSR count). The Morgan fingerprint density at radius 2 is 1.41 bits per heavy atom. The van der Waals surface area contributed by atoms with E-state index in [1.165, 1.54) is 0 Å². The molecule has 34 heavy (non-hydrogen) atoms. The second-order valence-electron chi connectivity index (χ2n) is 12.4. The van der Waals surface area contributed by atoms with E-state index in [-0.39, 0.29) is 71.9 Å². The van der Waals surface area contributed by atoms with Crippen molar-refractivity contribution in [1.29, 1.82) is 0 Å². The predicted octanol–water partition coefficient (Wildman–Crippen LogP) is 2.04. The van der Waals surface area contributed by atoms with Crippen LogP contribution in [0.15, 0.2) is 0 Å². The normalized spacial score (nSPS) is 49.9. The molecule has 7 N–H and O–H groups in total. The van der Waals surface area contributed by atoms with E-state index in [0.717, 1.165) is 0 Å². The number of hydrogen-bond donors (Lipinski definition) is 4. The number of nitrogens with one attached hydrogen (secondary N) is 1. The third-order valence-electron chi connectivity index (χ3n) is 8.95. The average molecular weight is 485 g/mol. The smallest absolute Gasteiger partial charge is 0.173 e. The van der Waals surface area contributed by atoms with Crippen LogP contribution in [-0.4, -0.2) is 68.7 Å². The molecule has 2 heterocycles. The van der Waals surface area contributed by atoms with Crippen LogP contribution in [0, 0.1) is 35.0 Å². The summed E-state index contributed by atoms with van der Waals surface area (Å²) in [6.45, 7) is 18.1. The van der Waals surface area contributed by atoms with Crippen LogP contribution in [0.3, 0.4) is 0 Å². The Hall–Kier alpha value is -0.320. The van der Waals surface area contributed by atoms with Crippen LogP contribution < -0.4 is 22.5 Å². The van der Waals surface area contributed by atoms with Crippen molar-refractivity contribution in [3.05, 3.63) is 0 Å². The fourth-order valence-electron chi connectivity index (χ4n) is 6.69. The van der Waals surface area contributed by atoms with Crippen LogP contribution in [0.25, 0.3) is 0 Å². The second-order valence-corrected chi connectivity index (χ2v) is 12.4. The molecule has 8 heteroatoms. The number of nitrogens with two attached hydrogens (primary N) is 3. The molecule has 0 aromatic rings. The van der Waals surface area contributed by atoms with E-state index in [9.17, 15) is 0 Å². The average Bonchev–Trinajstić information content (AvgIpc) is 2.75. The third kappa shape index (κ3) is 5.49. The highest BCUT2D eigenvalue weighted by molar-refractivity contribution is 4.99. The number of hydrogen-bond acceptors (Lipinski definition) is 8. The first kappa shape index (κ1) is 28.3. The summed E-state index contributed by atoms with van der Waals surface area (Å²) in [6.07, 6.45) is -0.603. The van der Waals surface area contributed by atoms with Gasteiger partial charge in [-0.15, -0.1) is 0 Å². The lowest BCUT2D eigenvalue weighted by Crippen LogP contribution is -2.64. The molecule has 13 atom stereocenters. The lowest BCUT2D eigenvalue weighted by molar-refractivity contribution is -0.289. The van der Waals surface area contributed by atoms with Crippen molar-refractivity contribution in [1.82, 2.24) is 5.32 Å². The maximum Gasteiger partial charge on any atom is 0.173 e. The van der Waals surface area contributed by atoms with E-state index in [1.54, 1.807) is 0 Å². The summed E-state index contributed by atoms with van der Waals surface area (Å²) >= 11 is 0.